The molecule has 0 amide bonds. The van der Waals surface area contributed by atoms with Gasteiger partial charge in [-0.05, 0) is 39.5 Å². The summed E-state index contributed by atoms with van der Waals surface area (Å²) in [5, 5.41) is 8.41. The molecule has 0 saturated heterocycles. The summed E-state index contributed by atoms with van der Waals surface area (Å²) in [6.07, 6.45) is 8.52. The molecule has 8 heteroatoms. The Morgan fingerprint density at radius 2 is 1.74 bits per heavy atom. The average molecular weight is 393 g/mol. The van der Waals surface area contributed by atoms with Crippen LogP contribution >= 0.6 is 0 Å². The Balaban J connectivity index is 1.68. The Labute approximate surface area is 160 Å². The van der Waals surface area contributed by atoms with Gasteiger partial charge in [0.25, 0.3) is 5.89 Å². The fourth-order valence-corrected chi connectivity index (χ4v) is 6.12. The molecule has 2 saturated carbocycles. The minimum atomic E-state index is -3.59. The lowest BCUT2D eigenvalue weighted by Gasteiger charge is -2.22. The first-order valence-electron chi connectivity index (χ1n) is 9.90. The molecule has 0 aromatic carbocycles. The summed E-state index contributed by atoms with van der Waals surface area (Å²) < 4.78 is 36.9. The van der Waals surface area contributed by atoms with Crippen molar-refractivity contribution in [2.75, 3.05) is 0 Å². The third kappa shape index (κ3) is 3.33. The molecule has 0 radical (unpaired) electrons. The summed E-state index contributed by atoms with van der Waals surface area (Å²) in [5.74, 6) is 1.42. The second-order valence-electron chi connectivity index (χ2n) is 7.98. The first-order valence-corrected chi connectivity index (χ1v) is 11.4. The highest BCUT2D eigenvalue weighted by molar-refractivity contribution is 7.89. The summed E-state index contributed by atoms with van der Waals surface area (Å²) in [6, 6.07) is 0.0276. The van der Waals surface area contributed by atoms with Gasteiger partial charge in [-0.25, -0.2) is 13.1 Å². The van der Waals surface area contributed by atoms with E-state index in [9.17, 15) is 8.42 Å². The van der Waals surface area contributed by atoms with Crippen LogP contribution in [0.25, 0.3) is 11.6 Å². The van der Waals surface area contributed by atoms with Gasteiger partial charge in [-0.15, -0.1) is 10.2 Å². The minimum Gasteiger partial charge on any atom is -0.419 e. The Bertz CT molecular complexity index is 935. The van der Waals surface area contributed by atoms with Crippen LogP contribution in [0.1, 0.15) is 74.4 Å². The van der Waals surface area contributed by atoms with Crippen LogP contribution in [0, 0.1) is 13.8 Å². The monoisotopic (exact) mass is 392 g/mol. The third-order valence-corrected chi connectivity index (χ3v) is 7.94. The highest BCUT2D eigenvalue weighted by Gasteiger charge is 2.32. The maximum absolute atomic E-state index is 13.1. The van der Waals surface area contributed by atoms with E-state index in [4.69, 9.17) is 4.42 Å². The summed E-state index contributed by atoms with van der Waals surface area (Å²) in [6.45, 7) is 3.65. The predicted molar refractivity (Wildman–Crippen MR) is 102 cm³/mol. The maximum atomic E-state index is 13.1. The molecule has 2 aromatic heterocycles. The summed E-state index contributed by atoms with van der Waals surface area (Å²) in [7, 11) is -1.74. The van der Waals surface area contributed by atoms with E-state index < -0.39 is 10.0 Å². The molecule has 0 aliphatic heterocycles. The van der Waals surface area contributed by atoms with Gasteiger partial charge in [-0.2, -0.15) is 0 Å². The Hall–Kier alpha value is -1.67. The first kappa shape index (κ1) is 18.7. The van der Waals surface area contributed by atoms with Gasteiger partial charge in [0.15, 0.2) is 0 Å². The lowest BCUT2D eigenvalue weighted by atomic mass is 9.85. The highest BCUT2D eigenvalue weighted by Crippen LogP contribution is 2.38. The lowest BCUT2D eigenvalue weighted by Crippen LogP contribution is -2.36. The summed E-state index contributed by atoms with van der Waals surface area (Å²) in [4.78, 5) is 0.342. The number of nitrogens with one attached hydrogen (secondary N) is 1. The van der Waals surface area contributed by atoms with Crippen molar-refractivity contribution in [1.29, 1.82) is 0 Å². The van der Waals surface area contributed by atoms with Gasteiger partial charge in [0.05, 0.1) is 0 Å². The molecule has 2 heterocycles. The quantitative estimate of drug-likeness (QED) is 0.840. The van der Waals surface area contributed by atoms with E-state index in [0.29, 0.717) is 39.5 Å². The molecule has 2 aliphatic carbocycles. The molecule has 0 bridgehead atoms. The topological polar surface area (TPSA) is 90.0 Å². The van der Waals surface area contributed by atoms with Crippen LogP contribution in [0.2, 0.25) is 0 Å². The number of hydrogen-bond donors (Lipinski definition) is 1. The molecule has 2 fully saturated rings. The lowest BCUT2D eigenvalue weighted by molar-refractivity contribution is 0.337. The molecule has 1 N–H and O–H groups in total. The summed E-state index contributed by atoms with van der Waals surface area (Å²) >= 11 is 0. The number of nitrogens with zero attached hydrogens (tertiary/aromatic N) is 3. The summed E-state index contributed by atoms with van der Waals surface area (Å²) in [5.41, 5.74) is 2.05. The molecular weight excluding hydrogens is 364 g/mol. The van der Waals surface area contributed by atoms with E-state index >= 15 is 0 Å². The number of rotatable bonds is 5. The standard InChI is InChI=1S/C19H28N4O3S/c1-12-16(19-21-20-18(26-19)14-8-7-9-14)23(3)13(2)17(12)27(24,25)22-15-10-5-4-6-11-15/h14-15,22H,4-11H2,1-3H3. The zero-order valence-electron chi connectivity index (χ0n) is 16.3. The number of aromatic nitrogens is 3. The normalized spacial score (nSPS) is 19.4. The smallest absolute Gasteiger partial charge is 0.264 e. The van der Waals surface area contributed by atoms with Gasteiger partial charge in [0.2, 0.25) is 15.9 Å². The van der Waals surface area contributed by atoms with Crippen LogP contribution in [-0.2, 0) is 17.1 Å². The van der Waals surface area contributed by atoms with Crippen LogP contribution in [0.4, 0.5) is 0 Å². The van der Waals surface area contributed by atoms with E-state index in [1.54, 1.807) is 0 Å². The SMILES string of the molecule is Cc1c(S(=O)(=O)NC2CCCCC2)c(C)n(C)c1-c1nnc(C2CCC2)o1. The van der Waals surface area contributed by atoms with Crippen molar-refractivity contribution in [3.8, 4) is 11.6 Å². The molecule has 0 atom stereocenters. The maximum Gasteiger partial charge on any atom is 0.264 e. The largest absolute Gasteiger partial charge is 0.419 e. The fraction of sp³-hybridized carbons (Fsp3) is 0.684. The van der Waals surface area contributed by atoms with Crippen molar-refractivity contribution in [2.24, 2.45) is 7.05 Å². The third-order valence-electron chi connectivity index (χ3n) is 6.16. The van der Waals surface area contributed by atoms with Gasteiger partial charge in [-0.1, -0.05) is 25.7 Å². The second kappa shape index (κ2) is 7.05. The van der Waals surface area contributed by atoms with Gasteiger partial charge < -0.3 is 8.98 Å². The fourth-order valence-electron chi connectivity index (χ4n) is 4.30. The Morgan fingerprint density at radius 1 is 1.04 bits per heavy atom. The van der Waals surface area contributed by atoms with E-state index in [1.165, 1.54) is 12.8 Å². The zero-order chi connectivity index (χ0) is 19.2. The Kier molecular flexibility index (Phi) is 4.88. The molecule has 7 nitrogen and oxygen atoms in total. The van der Waals surface area contributed by atoms with Crippen LogP contribution in [0.5, 0.6) is 0 Å². The van der Waals surface area contributed by atoms with Gasteiger partial charge in [0.1, 0.15) is 10.6 Å². The van der Waals surface area contributed by atoms with Crippen molar-refractivity contribution in [3.63, 3.8) is 0 Å². The zero-order valence-corrected chi connectivity index (χ0v) is 17.1. The molecule has 0 unspecified atom stereocenters. The second-order valence-corrected chi connectivity index (χ2v) is 9.63. The number of sulfonamides is 1. The molecule has 0 spiro atoms. The average Bonchev–Trinajstić information content (AvgIpc) is 3.10. The molecule has 2 aliphatic rings. The van der Waals surface area contributed by atoms with Gasteiger partial charge >= 0.3 is 0 Å². The molecule has 148 valence electrons. The minimum absolute atomic E-state index is 0.0276. The van der Waals surface area contributed by atoms with Crippen molar-refractivity contribution >= 4 is 10.0 Å². The van der Waals surface area contributed by atoms with Crippen LogP contribution in [0.3, 0.4) is 0 Å². The van der Waals surface area contributed by atoms with Crippen molar-refractivity contribution in [2.45, 2.75) is 82.1 Å². The Morgan fingerprint density at radius 3 is 2.37 bits per heavy atom. The first-order chi connectivity index (χ1) is 12.9. The van der Waals surface area contributed by atoms with Crippen LogP contribution < -0.4 is 4.72 Å². The van der Waals surface area contributed by atoms with E-state index in [1.807, 2.05) is 25.5 Å². The predicted octanol–water partition coefficient (Wildman–Crippen LogP) is 3.57. The van der Waals surface area contributed by atoms with E-state index in [2.05, 4.69) is 14.9 Å². The van der Waals surface area contributed by atoms with Crippen LogP contribution in [-0.4, -0.2) is 29.2 Å². The molecule has 4 rings (SSSR count). The van der Waals surface area contributed by atoms with E-state index in [0.717, 1.165) is 38.5 Å². The van der Waals surface area contributed by atoms with Crippen molar-refractivity contribution in [1.82, 2.24) is 19.5 Å². The highest BCUT2D eigenvalue weighted by atomic mass is 32.2. The molecule has 2 aromatic rings. The molecule has 27 heavy (non-hydrogen) atoms. The van der Waals surface area contributed by atoms with Crippen molar-refractivity contribution < 1.29 is 12.8 Å². The van der Waals surface area contributed by atoms with E-state index in [-0.39, 0.29) is 6.04 Å². The number of hydrogen-bond acceptors (Lipinski definition) is 5. The molecular formula is C19H28N4O3S. The van der Waals surface area contributed by atoms with Crippen molar-refractivity contribution in [3.05, 3.63) is 17.1 Å². The van der Waals surface area contributed by atoms with Crippen LogP contribution in [0.15, 0.2) is 9.31 Å². The van der Waals surface area contributed by atoms with Gasteiger partial charge in [0, 0.05) is 30.3 Å². The van der Waals surface area contributed by atoms with Gasteiger partial charge in [-0.3, -0.25) is 0 Å².